The lowest BCUT2D eigenvalue weighted by molar-refractivity contribution is 0.0872. The molecule has 0 amide bonds. The van der Waals surface area contributed by atoms with Gasteiger partial charge in [-0.1, -0.05) is 12.1 Å². The fourth-order valence-corrected chi connectivity index (χ4v) is 4.44. The van der Waals surface area contributed by atoms with E-state index in [0.29, 0.717) is 5.92 Å². The van der Waals surface area contributed by atoms with Gasteiger partial charge in [0, 0.05) is 52.9 Å². The summed E-state index contributed by atoms with van der Waals surface area (Å²) in [6, 6.07) is 4.89. The maximum atomic E-state index is 5.39. The summed E-state index contributed by atoms with van der Waals surface area (Å²) in [6.45, 7) is 14.8. The normalized spacial score (nSPS) is 23.5. The van der Waals surface area contributed by atoms with Crippen molar-refractivity contribution in [2.24, 2.45) is 5.92 Å². The van der Waals surface area contributed by atoms with Gasteiger partial charge in [-0.2, -0.15) is 0 Å². The van der Waals surface area contributed by atoms with Crippen molar-refractivity contribution in [3.8, 4) is 0 Å². The predicted octanol–water partition coefficient (Wildman–Crippen LogP) is 2.91. The van der Waals surface area contributed by atoms with Crippen LogP contribution in [0.3, 0.4) is 0 Å². The van der Waals surface area contributed by atoms with Crippen molar-refractivity contribution in [3.63, 3.8) is 0 Å². The highest BCUT2D eigenvalue weighted by Crippen LogP contribution is 2.23. The molecule has 0 aromatic heterocycles. The number of hydrogen-bond acceptors (Lipinski definition) is 4. The van der Waals surface area contributed by atoms with Gasteiger partial charge in [0.05, 0.1) is 6.61 Å². The summed E-state index contributed by atoms with van der Waals surface area (Å²) in [5, 5.41) is 0. The highest BCUT2D eigenvalue weighted by Gasteiger charge is 2.21. The zero-order valence-corrected chi connectivity index (χ0v) is 17.3. The number of rotatable bonds is 6. The molecule has 2 aliphatic rings. The molecule has 0 unspecified atom stereocenters. The number of piperidine rings is 1. The quantitative estimate of drug-likeness (QED) is 0.777. The van der Waals surface area contributed by atoms with Crippen molar-refractivity contribution in [1.82, 2.24) is 14.7 Å². The van der Waals surface area contributed by atoms with Crippen LogP contribution in [0.5, 0.6) is 0 Å². The molecule has 3 rings (SSSR count). The van der Waals surface area contributed by atoms with Gasteiger partial charge in [0.15, 0.2) is 0 Å². The molecule has 0 saturated carbocycles. The van der Waals surface area contributed by atoms with Crippen LogP contribution in [0.1, 0.15) is 35.1 Å². The number of hydrogen-bond donors (Lipinski definition) is 0. The van der Waals surface area contributed by atoms with Gasteiger partial charge >= 0.3 is 0 Å². The van der Waals surface area contributed by atoms with E-state index in [1.165, 1.54) is 74.4 Å². The number of likely N-dealkylation sites (N-methyl/N-ethyl adjacent to an activating group) is 1. The second-order valence-corrected chi connectivity index (χ2v) is 8.48. The molecule has 2 aliphatic heterocycles. The third kappa shape index (κ3) is 5.29. The lowest BCUT2D eigenvalue weighted by Crippen LogP contribution is -2.44. The summed E-state index contributed by atoms with van der Waals surface area (Å²) < 4.78 is 5.39. The molecule has 0 bridgehead atoms. The van der Waals surface area contributed by atoms with Crippen LogP contribution in [0.4, 0.5) is 0 Å². The highest BCUT2D eigenvalue weighted by molar-refractivity contribution is 5.37. The topological polar surface area (TPSA) is 19.0 Å². The van der Waals surface area contributed by atoms with Crippen LogP contribution in [0.25, 0.3) is 0 Å². The number of aryl methyl sites for hydroxylation is 2. The predicted molar refractivity (Wildman–Crippen MR) is 109 cm³/mol. The first kappa shape index (κ1) is 19.8. The Bertz CT molecular complexity index is 579. The molecule has 1 aromatic rings. The fourth-order valence-electron chi connectivity index (χ4n) is 4.44. The molecule has 146 valence electrons. The van der Waals surface area contributed by atoms with Gasteiger partial charge < -0.3 is 9.64 Å². The Kier molecular flexibility index (Phi) is 7.10. The highest BCUT2D eigenvalue weighted by atomic mass is 16.5. The zero-order chi connectivity index (χ0) is 18.5. The lowest BCUT2D eigenvalue weighted by Gasteiger charge is -2.34. The smallest absolute Gasteiger partial charge is 0.0502 e. The van der Waals surface area contributed by atoms with Gasteiger partial charge in [0.2, 0.25) is 0 Å². The van der Waals surface area contributed by atoms with Crippen LogP contribution in [-0.4, -0.2) is 74.7 Å². The molecule has 0 aliphatic carbocycles. The minimum atomic E-state index is 0.698. The average molecular weight is 360 g/mol. The number of nitrogens with zero attached hydrogens (tertiary/aromatic N) is 3. The first-order valence-corrected chi connectivity index (χ1v) is 10.3. The minimum absolute atomic E-state index is 0.698. The summed E-state index contributed by atoms with van der Waals surface area (Å²) in [5.41, 5.74) is 5.91. The fraction of sp³-hybridized carbons (Fsp3) is 0.727. The Balaban J connectivity index is 1.65. The van der Waals surface area contributed by atoms with Gasteiger partial charge in [0.25, 0.3) is 0 Å². The standard InChI is InChI=1S/C22H37N3O/c1-18-12-19(2)22(16-25-7-5-6-20(14-25)17-26-4)13-21(18)15-24-10-8-23(3)9-11-24/h12-13,20H,5-11,14-17H2,1-4H3/t20-/m1/s1. The second kappa shape index (κ2) is 9.32. The van der Waals surface area contributed by atoms with Crippen molar-refractivity contribution >= 4 is 0 Å². The van der Waals surface area contributed by atoms with Gasteiger partial charge in [-0.3, -0.25) is 9.80 Å². The van der Waals surface area contributed by atoms with E-state index < -0.39 is 0 Å². The summed E-state index contributed by atoms with van der Waals surface area (Å²) >= 11 is 0. The van der Waals surface area contributed by atoms with Crippen LogP contribution in [-0.2, 0) is 17.8 Å². The van der Waals surface area contributed by atoms with Gasteiger partial charge in [-0.05, 0) is 68.5 Å². The van der Waals surface area contributed by atoms with Crippen molar-refractivity contribution < 1.29 is 4.74 Å². The molecule has 4 heteroatoms. The summed E-state index contributed by atoms with van der Waals surface area (Å²) in [4.78, 5) is 7.66. The molecule has 1 atom stereocenters. The number of piperazine rings is 1. The largest absolute Gasteiger partial charge is 0.384 e. The van der Waals surface area contributed by atoms with E-state index in [-0.39, 0.29) is 0 Å². The summed E-state index contributed by atoms with van der Waals surface area (Å²) in [5.74, 6) is 0.698. The van der Waals surface area contributed by atoms with Crippen molar-refractivity contribution in [2.75, 3.05) is 60.0 Å². The van der Waals surface area contributed by atoms with E-state index in [0.717, 1.165) is 19.7 Å². The molecular formula is C22H37N3O. The van der Waals surface area contributed by atoms with Crippen LogP contribution >= 0.6 is 0 Å². The molecule has 0 radical (unpaired) electrons. The van der Waals surface area contributed by atoms with Crippen molar-refractivity contribution in [3.05, 3.63) is 34.4 Å². The number of methoxy groups -OCH3 is 1. The maximum absolute atomic E-state index is 5.39. The second-order valence-electron chi connectivity index (χ2n) is 8.48. The summed E-state index contributed by atoms with van der Waals surface area (Å²) in [7, 11) is 4.05. The third-order valence-corrected chi connectivity index (χ3v) is 6.18. The van der Waals surface area contributed by atoms with E-state index >= 15 is 0 Å². The van der Waals surface area contributed by atoms with Gasteiger partial charge in [0.1, 0.15) is 0 Å². The van der Waals surface area contributed by atoms with Crippen molar-refractivity contribution in [2.45, 2.75) is 39.8 Å². The average Bonchev–Trinajstić information content (AvgIpc) is 2.61. The first-order chi connectivity index (χ1) is 12.5. The molecule has 0 N–H and O–H groups in total. The Morgan fingerprint density at radius 2 is 1.58 bits per heavy atom. The van der Waals surface area contributed by atoms with Crippen LogP contribution in [0.2, 0.25) is 0 Å². The van der Waals surface area contributed by atoms with E-state index in [2.05, 4.69) is 47.7 Å². The lowest BCUT2D eigenvalue weighted by atomic mass is 9.96. The van der Waals surface area contributed by atoms with Crippen LogP contribution < -0.4 is 0 Å². The van der Waals surface area contributed by atoms with Crippen LogP contribution in [0.15, 0.2) is 12.1 Å². The number of ether oxygens (including phenoxy) is 1. The third-order valence-electron chi connectivity index (χ3n) is 6.18. The Morgan fingerprint density at radius 1 is 0.923 bits per heavy atom. The maximum Gasteiger partial charge on any atom is 0.0502 e. The molecule has 2 fully saturated rings. The Labute approximate surface area is 160 Å². The van der Waals surface area contributed by atoms with E-state index in [4.69, 9.17) is 4.74 Å². The molecule has 2 heterocycles. The Hall–Kier alpha value is -0.940. The molecule has 0 spiro atoms. The number of likely N-dealkylation sites (tertiary alicyclic amines) is 1. The Morgan fingerprint density at radius 3 is 2.23 bits per heavy atom. The molecule has 4 nitrogen and oxygen atoms in total. The SMILES string of the molecule is COC[C@@H]1CCCN(Cc2cc(CN3CCN(C)CC3)c(C)cc2C)C1. The van der Waals surface area contributed by atoms with Crippen molar-refractivity contribution in [1.29, 1.82) is 0 Å². The zero-order valence-electron chi connectivity index (χ0n) is 17.3. The van der Waals surface area contributed by atoms with E-state index in [9.17, 15) is 0 Å². The molecule has 2 saturated heterocycles. The molecular weight excluding hydrogens is 322 g/mol. The van der Waals surface area contributed by atoms with E-state index in [1.807, 2.05) is 7.11 Å². The first-order valence-electron chi connectivity index (χ1n) is 10.3. The van der Waals surface area contributed by atoms with Crippen LogP contribution in [0, 0.1) is 19.8 Å². The van der Waals surface area contributed by atoms with Gasteiger partial charge in [-0.25, -0.2) is 0 Å². The van der Waals surface area contributed by atoms with Gasteiger partial charge in [-0.15, -0.1) is 0 Å². The molecule has 1 aromatic carbocycles. The summed E-state index contributed by atoms with van der Waals surface area (Å²) in [6.07, 6.45) is 2.61. The molecule has 26 heavy (non-hydrogen) atoms. The van der Waals surface area contributed by atoms with E-state index in [1.54, 1.807) is 0 Å². The number of benzene rings is 1. The monoisotopic (exact) mass is 359 g/mol. The minimum Gasteiger partial charge on any atom is -0.384 e.